The summed E-state index contributed by atoms with van der Waals surface area (Å²) >= 11 is 6.06. The van der Waals surface area contributed by atoms with Crippen LogP contribution < -0.4 is 16.6 Å². The van der Waals surface area contributed by atoms with E-state index >= 15 is 0 Å². The predicted molar refractivity (Wildman–Crippen MR) is 83.5 cm³/mol. The van der Waals surface area contributed by atoms with E-state index in [4.69, 9.17) is 17.3 Å². The van der Waals surface area contributed by atoms with Crippen molar-refractivity contribution in [3.63, 3.8) is 0 Å². The Bertz CT molecular complexity index is 568. The lowest BCUT2D eigenvalue weighted by Crippen LogP contribution is -2.38. The van der Waals surface area contributed by atoms with E-state index in [9.17, 15) is 9.59 Å². The van der Waals surface area contributed by atoms with E-state index in [0.29, 0.717) is 18.8 Å². The summed E-state index contributed by atoms with van der Waals surface area (Å²) in [7, 11) is 3.82. The Labute approximate surface area is 129 Å². The maximum Gasteiger partial charge on any atom is 0.287 e. The van der Waals surface area contributed by atoms with Crippen LogP contribution in [0.5, 0.6) is 0 Å². The van der Waals surface area contributed by atoms with E-state index in [1.165, 1.54) is 10.9 Å². The molecule has 0 atom stereocenters. The number of nitrogens with zero attached hydrogens (tertiary/aromatic N) is 3. The zero-order valence-corrected chi connectivity index (χ0v) is 13.6. The van der Waals surface area contributed by atoms with Crippen LogP contribution in [0.25, 0.3) is 0 Å². The third-order valence-electron chi connectivity index (χ3n) is 3.13. The molecule has 0 spiro atoms. The number of rotatable bonds is 7. The molecule has 0 aliphatic heterocycles. The second-order valence-corrected chi connectivity index (χ2v) is 6.18. The van der Waals surface area contributed by atoms with E-state index in [-0.39, 0.29) is 17.1 Å². The van der Waals surface area contributed by atoms with Gasteiger partial charge in [0.05, 0.1) is 23.8 Å². The largest absolute Gasteiger partial charge is 0.381 e. The first-order valence-electron chi connectivity index (χ1n) is 6.59. The minimum atomic E-state index is -0.747. The SMILES string of the molecule is CN(C)CCn1ncc(NCC(C)(C)C(N)=O)c(Cl)c1=O. The van der Waals surface area contributed by atoms with E-state index in [0.717, 1.165) is 0 Å². The Morgan fingerprint density at radius 2 is 2.14 bits per heavy atom. The molecule has 1 rings (SSSR count). The summed E-state index contributed by atoms with van der Waals surface area (Å²) in [6, 6.07) is 0. The summed E-state index contributed by atoms with van der Waals surface area (Å²) in [5.41, 5.74) is 4.59. The summed E-state index contributed by atoms with van der Waals surface area (Å²) in [6.07, 6.45) is 1.48. The van der Waals surface area contributed by atoms with Crippen LogP contribution in [0.2, 0.25) is 5.02 Å². The van der Waals surface area contributed by atoms with Crippen molar-refractivity contribution in [2.75, 3.05) is 32.5 Å². The molecule has 0 saturated carbocycles. The number of carbonyl (C=O) groups is 1. The number of nitrogens with two attached hydrogens (primary N) is 1. The van der Waals surface area contributed by atoms with Gasteiger partial charge in [0.2, 0.25) is 5.91 Å². The van der Waals surface area contributed by atoms with Crippen molar-refractivity contribution >= 4 is 23.2 Å². The van der Waals surface area contributed by atoms with Gasteiger partial charge in [-0.25, -0.2) is 4.68 Å². The molecule has 1 aromatic rings. The molecular formula is C13H22ClN5O2. The van der Waals surface area contributed by atoms with Crippen LogP contribution in [-0.4, -0.2) is 47.8 Å². The number of hydrogen-bond acceptors (Lipinski definition) is 5. The molecule has 0 aromatic carbocycles. The fourth-order valence-corrected chi connectivity index (χ4v) is 1.66. The van der Waals surface area contributed by atoms with Crippen molar-refractivity contribution < 1.29 is 4.79 Å². The summed E-state index contributed by atoms with van der Waals surface area (Å²) < 4.78 is 1.31. The molecule has 8 heteroatoms. The topological polar surface area (TPSA) is 93.2 Å². The monoisotopic (exact) mass is 315 g/mol. The number of nitrogens with one attached hydrogen (secondary N) is 1. The molecule has 118 valence electrons. The van der Waals surface area contributed by atoms with Crippen LogP contribution in [0, 0.1) is 5.41 Å². The average molecular weight is 316 g/mol. The Morgan fingerprint density at radius 1 is 1.52 bits per heavy atom. The van der Waals surface area contributed by atoms with E-state index in [2.05, 4.69) is 10.4 Å². The molecule has 7 nitrogen and oxygen atoms in total. The highest BCUT2D eigenvalue weighted by Gasteiger charge is 2.25. The lowest BCUT2D eigenvalue weighted by molar-refractivity contribution is -0.125. The van der Waals surface area contributed by atoms with Crippen LogP contribution in [0.4, 0.5) is 5.69 Å². The first kappa shape index (κ1) is 17.5. The standard InChI is InChI=1S/C13H22ClN5O2/c1-13(2,12(15)21)8-16-9-7-17-19(6-5-18(3)4)11(20)10(9)14/h7,16H,5-6,8H2,1-4H3,(H2,15,21). The molecule has 0 radical (unpaired) electrons. The van der Waals surface area contributed by atoms with Gasteiger partial charge in [-0.05, 0) is 27.9 Å². The summed E-state index contributed by atoms with van der Waals surface area (Å²) in [4.78, 5) is 25.3. The lowest BCUT2D eigenvalue weighted by Gasteiger charge is -2.21. The zero-order valence-electron chi connectivity index (χ0n) is 12.8. The van der Waals surface area contributed by atoms with Gasteiger partial charge in [-0.15, -0.1) is 0 Å². The molecule has 0 bridgehead atoms. The van der Waals surface area contributed by atoms with Gasteiger partial charge in [0.25, 0.3) is 5.56 Å². The van der Waals surface area contributed by atoms with Crippen molar-refractivity contribution in [2.24, 2.45) is 11.1 Å². The van der Waals surface area contributed by atoms with Crippen molar-refractivity contribution in [1.82, 2.24) is 14.7 Å². The van der Waals surface area contributed by atoms with Gasteiger partial charge in [-0.1, -0.05) is 11.6 Å². The van der Waals surface area contributed by atoms with Crippen LogP contribution in [0.15, 0.2) is 11.0 Å². The molecule has 0 aliphatic rings. The van der Waals surface area contributed by atoms with Crippen LogP contribution in [0.3, 0.4) is 0 Å². The number of amides is 1. The first-order chi connectivity index (χ1) is 9.65. The highest BCUT2D eigenvalue weighted by molar-refractivity contribution is 6.32. The second kappa shape index (κ2) is 6.91. The molecule has 3 N–H and O–H groups in total. The molecule has 1 aromatic heterocycles. The number of primary amides is 1. The van der Waals surface area contributed by atoms with Gasteiger partial charge >= 0.3 is 0 Å². The van der Waals surface area contributed by atoms with Crippen molar-refractivity contribution in [1.29, 1.82) is 0 Å². The van der Waals surface area contributed by atoms with E-state index < -0.39 is 11.3 Å². The number of hydrogen-bond donors (Lipinski definition) is 2. The Hall–Kier alpha value is -1.60. The lowest BCUT2D eigenvalue weighted by atomic mass is 9.93. The molecule has 0 unspecified atom stereocenters. The molecule has 0 aliphatic carbocycles. The number of likely N-dealkylation sites (N-methyl/N-ethyl adjacent to an activating group) is 1. The van der Waals surface area contributed by atoms with Crippen molar-refractivity contribution in [3.05, 3.63) is 21.6 Å². The minimum Gasteiger partial charge on any atom is -0.381 e. The minimum absolute atomic E-state index is 0.0593. The summed E-state index contributed by atoms with van der Waals surface area (Å²) in [6.45, 7) is 4.83. The second-order valence-electron chi connectivity index (χ2n) is 5.81. The summed E-state index contributed by atoms with van der Waals surface area (Å²) in [5, 5.41) is 7.08. The third kappa shape index (κ3) is 4.71. The normalized spacial score (nSPS) is 11.7. The van der Waals surface area contributed by atoms with Crippen molar-refractivity contribution in [3.8, 4) is 0 Å². The fourth-order valence-electron chi connectivity index (χ4n) is 1.45. The van der Waals surface area contributed by atoms with E-state index in [1.807, 2.05) is 19.0 Å². The summed E-state index contributed by atoms with van der Waals surface area (Å²) in [5.74, 6) is -0.432. The highest BCUT2D eigenvalue weighted by Crippen LogP contribution is 2.19. The Morgan fingerprint density at radius 3 is 2.67 bits per heavy atom. The number of halogens is 1. The van der Waals surface area contributed by atoms with Crippen molar-refractivity contribution in [2.45, 2.75) is 20.4 Å². The number of aromatic nitrogens is 2. The van der Waals surface area contributed by atoms with Gasteiger partial charge in [-0.3, -0.25) is 9.59 Å². The molecule has 0 saturated heterocycles. The van der Waals surface area contributed by atoms with Crippen LogP contribution in [-0.2, 0) is 11.3 Å². The van der Waals surface area contributed by atoms with Gasteiger partial charge in [0.1, 0.15) is 5.02 Å². The smallest absolute Gasteiger partial charge is 0.287 e. The Balaban J connectivity index is 2.85. The molecule has 21 heavy (non-hydrogen) atoms. The van der Waals surface area contributed by atoms with Gasteiger partial charge < -0.3 is 16.0 Å². The highest BCUT2D eigenvalue weighted by atomic mass is 35.5. The van der Waals surface area contributed by atoms with Gasteiger partial charge in [0.15, 0.2) is 0 Å². The fraction of sp³-hybridized carbons (Fsp3) is 0.615. The Kier molecular flexibility index (Phi) is 5.74. The molecular weight excluding hydrogens is 294 g/mol. The number of anilines is 1. The quantitative estimate of drug-likeness (QED) is 0.759. The van der Waals surface area contributed by atoms with Crippen LogP contribution in [0.1, 0.15) is 13.8 Å². The molecule has 1 amide bonds. The van der Waals surface area contributed by atoms with Gasteiger partial charge in [0, 0.05) is 13.1 Å². The predicted octanol–water partition coefficient (Wildman–Crippen LogP) is 0.382. The third-order valence-corrected chi connectivity index (χ3v) is 3.50. The zero-order chi connectivity index (χ0) is 16.2. The average Bonchev–Trinajstić information content (AvgIpc) is 2.39. The maximum absolute atomic E-state index is 12.1. The van der Waals surface area contributed by atoms with Crippen LogP contribution >= 0.6 is 11.6 Å². The maximum atomic E-state index is 12.1. The number of carbonyl (C=O) groups excluding carboxylic acids is 1. The van der Waals surface area contributed by atoms with E-state index in [1.54, 1.807) is 13.8 Å². The first-order valence-corrected chi connectivity index (χ1v) is 6.97. The van der Waals surface area contributed by atoms with Gasteiger partial charge in [-0.2, -0.15) is 5.10 Å². The molecule has 0 fully saturated rings. The molecule has 1 heterocycles.